The van der Waals surface area contributed by atoms with E-state index in [9.17, 15) is 9.90 Å². The number of H-pyrrole nitrogens is 1. The lowest BCUT2D eigenvalue weighted by atomic mass is 10.2. The van der Waals surface area contributed by atoms with E-state index in [0.29, 0.717) is 27.4 Å². The van der Waals surface area contributed by atoms with Crippen LogP contribution in [0.5, 0.6) is 5.75 Å². The number of nitrogens with zero attached hydrogens (tertiary/aromatic N) is 4. The van der Waals surface area contributed by atoms with E-state index in [1.165, 1.54) is 11.8 Å². The van der Waals surface area contributed by atoms with Gasteiger partial charge in [-0.3, -0.25) is 0 Å². The lowest BCUT2D eigenvalue weighted by molar-refractivity contribution is -0.778. The molecule has 0 unspecified atom stereocenters. The van der Waals surface area contributed by atoms with Crippen molar-refractivity contribution in [1.29, 1.82) is 0 Å². The Morgan fingerprint density at radius 3 is 2.62 bits per heavy atom. The highest BCUT2D eigenvalue weighted by atomic mass is 35.5. The number of halogens is 2. The van der Waals surface area contributed by atoms with Gasteiger partial charge in [0.05, 0.1) is 28.5 Å². The van der Waals surface area contributed by atoms with Gasteiger partial charge >= 0.3 is 11.7 Å². The van der Waals surface area contributed by atoms with Crippen molar-refractivity contribution in [2.45, 2.75) is 16.6 Å². The summed E-state index contributed by atoms with van der Waals surface area (Å²) in [5.41, 5.74) is 1.69. The second kappa shape index (κ2) is 9.23. The maximum absolute atomic E-state index is 11.8. The maximum atomic E-state index is 11.8. The minimum atomic E-state index is -1.12. The number of carboxylic acid groups (broad SMARTS) is 1. The van der Waals surface area contributed by atoms with Crippen molar-refractivity contribution in [3.05, 3.63) is 70.0 Å². The van der Waals surface area contributed by atoms with Crippen LogP contribution in [0.25, 0.3) is 11.4 Å². The first-order chi connectivity index (χ1) is 15.4. The predicted octanol–water partition coefficient (Wildman–Crippen LogP) is 4.31. The molecule has 0 aliphatic heterocycles. The summed E-state index contributed by atoms with van der Waals surface area (Å²) >= 11 is 13.4. The first-order valence-electron chi connectivity index (χ1n) is 9.36. The van der Waals surface area contributed by atoms with Gasteiger partial charge in [0.25, 0.3) is 0 Å². The smallest absolute Gasteiger partial charge is 0.388 e. The second-order valence-electron chi connectivity index (χ2n) is 6.81. The molecule has 11 heteroatoms. The summed E-state index contributed by atoms with van der Waals surface area (Å²) in [4.78, 5) is 16.3. The number of ether oxygens (including phenoxy) is 1. The van der Waals surface area contributed by atoms with E-state index in [2.05, 4.69) is 15.3 Å². The Bertz CT molecular complexity index is 1290. The molecule has 4 rings (SSSR count). The highest BCUT2D eigenvalue weighted by Crippen LogP contribution is 2.32. The average molecular weight is 491 g/mol. The number of carboxylic acids is 1. The van der Waals surface area contributed by atoms with Crippen LogP contribution in [-0.4, -0.2) is 38.0 Å². The molecular weight excluding hydrogens is 473 g/mol. The quantitative estimate of drug-likeness (QED) is 0.374. The van der Waals surface area contributed by atoms with Gasteiger partial charge in [0.2, 0.25) is 5.03 Å². The third kappa shape index (κ3) is 4.45. The van der Waals surface area contributed by atoms with Crippen molar-refractivity contribution in [3.63, 3.8) is 0 Å². The predicted molar refractivity (Wildman–Crippen MR) is 121 cm³/mol. The van der Waals surface area contributed by atoms with E-state index in [4.69, 9.17) is 27.9 Å². The number of imidazole rings is 1. The van der Waals surface area contributed by atoms with Gasteiger partial charge in [0.1, 0.15) is 23.1 Å². The van der Waals surface area contributed by atoms with Crippen LogP contribution in [0, 0.1) is 0 Å². The average Bonchev–Trinajstić information content (AvgIpc) is 3.35. The number of aromatic carboxylic acids is 1. The van der Waals surface area contributed by atoms with Gasteiger partial charge < -0.3 is 14.4 Å². The molecule has 32 heavy (non-hydrogen) atoms. The standard InChI is InChI=1S/C21H17Cl2N5O3S/c1-27-17(10-24-19(27)13-5-8-15(22)16(23)9-13)32-20-18(21(29)30)25-26-28(20)11-12-3-6-14(31-2)7-4-12/h3-10H,11H2,1-2H3,(H,29,30)/p+1. The molecule has 2 aromatic heterocycles. The molecule has 2 heterocycles. The normalized spacial score (nSPS) is 11.0. The fraction of sp³-hybridized carbons (Fsp3) is 0.143. The molecule has 0 spiro atoms. The summed E-state index contributed by atoms with van der Waals surface area (Å²) in [5.74, 6) is 0.297. The lowest BCUT2D eigenvalue weighted by Gasteiger charge is -2.07. The Balaban J connectivity index is 1.66. The molecule has 4 aromatic rings. The van der Waals surface area contributed by atoms with E-state index >= 15 is 0 Å². The number of aromatic nitrogens is 5. The Kier molecular flexibility index (Phi) is 6.40. The zero-order chi connectivity index (χ0) is 22.8. The molecule has 0 aliphatic rings. The van der Waals surface area contributed by atoms with E-state index < -0.39 is 5.97 Å². The first-order valence-corrected chi connectivity index (χ1v) is 10.9. The minimum Gasteiger partial charge on any atom is -0.497 e. The molecule has 0 saturated carbocycles. The Labute approximate surface area is 197 Å². The van der Waals surface area contributed by atoms with Crippen LogP contribution in [-0.2, 0) is 13.6 Å². The monoisotopic (exact) mass is 490 g/mol. The third-order valence-corrected chi connectivity index (χ3v) is 6.69. The van der Waals surface area contributed by atoms with Gasteiger partial charge in [-0.1, -0.05) is 40.5 Å². The molecule has 0 aliphatic carbocycles. The molecule has 0 saturated heterocycles. The molecule has 0 radical (unpaired) electrons. The lowest BCUT2D eigenvalue weighted by Crippen LogP contribution is -2.38. The Morgan fingerprint density at radius 2 is 1.97 bits per heavy atom. The van der Waals surface area contributed by atoms with Crippen molar-refractivity contribution >= 4 is 40.9 Å². The summed E-state index contributed by atoms with van der Waals surface area (Å²) in [7, 11) is 3.45. The highest BCUT2D eigenvalue weighted by molar-refractivity contribution is 7.99. The van der Waals surface area contributed by atoms with Crippen molar-refractivity contribution < 1.29 is 19.3 Å². The molecule has 0 amide bonds. The van der Waals surface area contributed by atoms with Crippen LogP contribution >= 0.6 is 35.0 Å². The van der Waals surface area contributed by atoms with Crippen LogP contribution in [0.3, 0.4) is 0 Å². The summed E-state index contributed by atoms with van der Waals surface area (Å²) in [6, 6.07) is 12.8. The molecule has 164 valence electrons. The third-order valence-electron chi connectivity index (χ3n) is 4.76. The number of hydrogen-bond acceptors (Lipinski definition) is 5. The minimum absolute atomic E-state index is 0.0687. The summed E-state index contributed by atoms with van der Waals surface area (Å²) in [6.45, 7) is 0.407. The Hall–Kier alpha value is -3.01. The van der Waals surface area contributed by atoms with E-state index in [0.717, 1.165) is 21.9 Å². The van der Waals surface area contributed by atoms with Gasteiger partial charge in [-0.2, -0.15) is 0 Å². The molecule has 0 bridgehead atoms. The number of benzene rings is 2. The van der Waals surface area contributed by atoms with E-state index in [1.807, 2.05) is 41.9 Å². The largest absolute Gasteiger partial charge is 0.497 e. The zero-order valence-electron chi connectivity index (χ0n) is 17.0. The first kappa shape index (κ1) is 22.2. The van der Waals surface area contributed by atoms with Gasteiger partial charge in [-0.15, -0.1) is 4.68 Å². The van der Waals surface area contributed by atoms with Crippen LogP contribution in [0.15, 0.2) is 58.7 Å². The zero-order valence-corrected chi connectivity index (χ0v) is 19.4. The molecule has 2 aromatic carbocycles. The van der Waals surface area contributed by atoms with Crippen LogP contribution in [0.1, 0.15) is 16.1 Å². The number of nitrogens with one attached hydrogen (secondary N) is 1. The second-order valence-corrected chi connectivity index (χ2v) is 8.64. The van der Waals surface area contributed by atoms with E-state index in [-0.39, 0.29) is 5.69 Å². The van der Waals surface area contributed by atoms with Crippen LogP contribution in [0.4, 0.5) is 0 Å². The summed E-state index contributed by atoms with van der Waals surface area (Å²) < 4.78 is 8.73. The van der Waals surface area contributed by atoms with Crippen LogP contribution in [0.2, 0.25) is 10.0 Å². The molecule has 0 fully saturated rings. The van der Waals surface area contributed by atoms with Crippen molar-refractivity contribution in [2.24, 2.45) is 7.05 Å². The fourth-order valence-corrected chi connectivity index (χ4v) is 4.36. The molecule has 0 atom stereocenters. The van der Waals surface area contributed by atoms with Crippen molar-refractivity contribution in [2.75, 3.05) is 7.11 Å². The van der Waals surface area contributed by atoms with Gasteiger partial charge in [-0.05, 0) is 47.7 Å². The van der Waals surface area contributed by atoms with Gasteiger partial charge in [0, 0.05) is 12.6 Å². The Morgan fingerprint density at radius 1 is 1.22 bits per heavy atom. The summed E-state index contributed by atoms with van der Waals surface area (Å²) in [6.07, 6.45) is 1.68. The number of rotatable bonds is 7. The molecule has 8 nitrogen and oxygen atoms in total. The highest BCUT2D eigenvalue weighted by Gasteiger charge is 2.30. The van der Waals surface area contributed by atoms with Gasteiger partial charge in [0.15, 0.2) is 0 Å². The maximum Gasteiger partial charge on any atom is 0.388 e. The SMILES string of the molecule is COc1ccc(C[n+]2[nH]nc(C(=O)O)c2Sc2cnc(-c3ccc(Cl)c(Cl)c3)n2C)cc1. The topological polar surface area (TPSA) is 96.9 Å². The van der Waals surface area contributed by atoms with Crippen LogP contribution < -0.4 is 9.42 Å². The summed E-state index contributed by atoms with van der Waals surface area (Å²) in [5, 5.41) is 18.5. The fourth-order valence-electron chi connectivity index (χ4n) is 3.09. The number of methoxy groups -OCH3 is 1. The number of hydrogen-bond donors (Lipinski definition) is 2. The van der Waals surface area contributed by atoms with Crippen molar-refractivity contribution in [1.82, 2.24) is 19.9 Å². The molecular formula is C21H18Cl2N5O3S+. The molecule has 2 N–H and O–H groups in total. The van der Waals surface area contributed by atoms with Crippen molar-refractivity contribution in [3.8, 4) is 17.1 Å². The number of aromatic amines is 1. The van der Waals surface area contributed by atoms with E-state index in [1.54, 1.807) is 30.1 Å². The number of carbonyl (C=O) groups is 1. The van der Waals surface area contributed by atoms with Gasteiger partial charge in [-0.25, -0.2) is 9.78 Å².